The Kier molecular flexibility index (Phi) is 6.75. The number of nitrogens with one attached hydrogen (secondary N) is 1. The maximum Gasteiger partial charge on any atom is 0.105 e. The molecule has 3 nitrogen and oxygen atoms in total. The van der Waals surface area contributed by atoms with Crippen LogP contribution >= 0.6 is 28.1 Å². The topological polar surface area (TPSA) is 41.3 Å². The molecule has 0 fully saturated rings. The molecule has 19 heavy (non-hydrogen) atoms. The van der Waals surface area contributed by atoms with Crippen LogP contribution in [0.15, 0.2) is 22.7 Å². The molecule has 1 rings (SSSR count). The van der Waals surface area contributed by atoms with Crippen LogP contribution in [0, 0.1) is 0 Å². The lowest BCUT2D eigenvalue weighted by molar-refractivity contribution is 0.273. The molecule has 0 atom stereocenters. The predicted molar refractivity (Wildman–Crippen MR) is 90.9 cm³/mol. The molecule has 5 heteroatoms. The van der Waals surface area contributed by atoms with Gasteiger partial charge in [0.25, 0.3) is 0 Å². The largest absolute Gasteiger partial charge is 0.389 e. The number of anilines is 1. The minimum atomic E-state index is 0.414. The van der Waals surface area contributed by atoms with Crippen molar-refractivity contribution in [3.63, 3.8) is 0 Å². The Balaban J connectivity index is 2.42. The van der Waals surface area contributed by atoms with Gasteiger partial charge in [0.05, 0.1) is 0 Å². The lowest BCUT2D eigenvalue weighted by atomic mass is 10.2. The third-order valence-electron chi connectivity index (χ3n) is 3.13. The second-order valence-corrected chi connectivity index (χ2v) is 6.21. The molecule has 0 aliphatic heterocycles. The van der Waals surface area contributed by atoms with Crippen molar-refractivity contribution in [2.75, 3.05) is 25.5 Å². The highest BCUT2D eigenvalue weighted by molar-refractivity contribution is 9.10. The fourth-order valence-corrected chi connectivity index (χ4v) is 2.55. The van der Waals surface area contributed by atoms with Gasteiger partial charge in [-0.25, -0.2) is 0 Å². The third-order valence-corrected chi connectivity index (χ3v) is 4.01. The van der Waals surface area contributed by atoms with E-state index in [-0.39, 0.29) is 0 Å². The maximum absolute atomic E-state index is 5.62. The van der Waals surface area contributed by atoms with Crippen LogP contribution in [0.1, 0.15) is 25.8 Å². The van der Waals surface area contributed by atoms with Gasteiger partial charge in [0, 0.05) is 28.3 Å². The molecule has 0 unspecified atom stereocenters. The van der Waals surface area contributed by atoms with Crippen LogP contribution < -0.4 is 11.1 Å². The highest BCUT2D eigenvalue weighted by Gasteiger charge is 2.04. The van der Waals surface area contributed by atoms with Gasteiger partial charge in [-0.2, -0.15) is 0 Å². The number of benzene rings is 1. The van der Waals surface area contributed by atoms with Gasteiger partial charge in [0.15, 0.2) is 0 Å². The van der Waals surface area contributed by atoms with Gasteiger partial charge in [-0.15, -0.1) is 0 Å². The minimum Gasteiger partial charge on any atom is -0.389 e. The lowest BCUT2D eigenvalue weighted by Crippen LogP contribution is -2.28. The normalized spacial score (nSPS) is 11.1. The quantitative estimate of drug-likeness (QED) is 0.589. The third kappa shape index (κ3) is 5.47. The summed E-state index contributed by atoms with van der Waals surface area (Å²) in [6, 6.07) is 6.56. The fourth-order valence-electron chi connectivity index (χ4n) is 1.64. The van der Waals surface area contributed by atoms with Crippen molar-refractivity contribution in [1.82, 2.24) is 4.90 Å². The van der Waals surface area contributed by atoms with Crippen LogP contribution in [-0.2, 0) is 0 Å². The molecular weight excluding hydrogens is 322 g/mol. The van der Waals surface area contributed by atoms with E-state index < -0.39 is 0 Å². The number of hydrogen-bond donors (Lipinski definition) is 2. The first-order chi connectivity index (χ1) is 8.91. The first-order valence-electron chi connectivity index (χ1n) is 6.45. The molecule has 0 saturated heterocycles. The summed E-state index contributed by atoms with van der Waals surface area (Å²) in [5, 5.41) is 3.41. The average molecular weight is 344 g/mol. The van der Waals surface area contributed by atoms with Crippen LogP contribution in [-0.4, -0.2) is 36.1 Å². The van der Waals surface area contributed by atoms with Crippen molar-refractivity contribution in [2.24, 2.45) is 5.73 Å². The molecular formula is C14H22BrN3S. The van der Waals surface area contributed by atoms with E-state index in [1.165, 1.54) is 0 Å². The average Bonchev–Trinajstić information content (AvgIpc) is 2.33. The zero-order valence-electron chi connectivity index (χ0n) is 11.7. The van der Waals surface area contributed by atoms with Crippen LogP contribution in [0.3, 0.4) is 0 Å². The molecule has 3 N–H and O–H groups in total. The summed E-state index contributed by atoms with van der Waals surface area (Å²) in [7, 11) is 2.15. The number of halogens is 1. The summed E-state index contributed by atoms with van der Waals surface area (Å²) < 4.78 is 0.935. The Morgan fingerprint density at radius 2 is 2.16 bits per heavy atom. The molecule has 0 amide bonds. The highest BCUT2D eigenvalue weighted by atomic mass is 79.9. The van der Waals surface area contributed by atoms with Crippen LogP contribution in [0.4, 0.5) is 5.69 Å². The number of nitrogens with zero attached hydrogens (tertiary/aromatic N) is 1. The monoisotopic (exact) mass is 343 g/mol. The summed E-state index contributed by atoms with van der Waals surface area (Å²) in [5.41, 5.74) is 7.58. The van der Waals surface area contributed by atoms with Crippen molar-refractivity contribution < 1.29 is 0 Å². The summed E-state index contributed by atoms with van der Waals surface area (Å²) in [5.74, 6) is 0. The summed E-state index contributed by atoms with van der Waals surface area (Å²) in [4.78, 5) is 2.75. The highest BCUT2D eigenvalue weighted by Crippen LogP contribution is 2.21. The number of nitrogens with two attached hydrogens (primary N) is 1. The van der Waals surface area contributed by atoms with E-state index in [0.717, 1.165) is 35.2 Å². The summed E-state index contributed by atoms with van der Waals surface area (Å²) in [6.45, 7) is 6.46. The van der Waals surface area contributed by atoms with E-state index in [0.29, 0.717) is 11.0 Å². The van der Waals surface area contributed by atoms with Crippen molar-refractivity contribution in [1.29, 1.82) is 0 Å². The SMILES string of the molecule is CC(C)N(C)CCCNc1ccc(C(N)=S)c(Br)c1. The Morgan fingerprint density at radius 1 is 1.47 bits per heavy atom. The zero-order valence-corrected chi connectivity index (χ0v) is 14.1. The molecule has 106 valence electrons. The van der Waals surface area contributed by atoms with Gasteiger partial charge >= 0.3 is 0 Å². The summed E-state index contributed by atoms with van der Waals surface area (Å²) in [6.07, 6.45) is 1.11. The molecule has 0 aliphatic rings. The van der Waals surface area contributed by atoms with E-state index in [9.17, 15) is 0 Å². The van der Waals surface area contributed by atoms with Crippen molar-refractivity contribution >= 4 is 38.8 Å². The van der Waals surface area contributed by atoms with Crippen molar-refractivity contribution in [3.8, 4) is 0 Å². The van der Waals surface area contributed by atoms with Crippen LogP contribution in [0.2, 0.25) is 0 Å². The van der Waals surface area contributed by atoms with Gasteiger partial charge in [-0.05, 0) is 68.0 Å². The molecule has 0 heterocycles. The molecule has 0 spiro atoms. The van der Waals surface area contributed by atoms with E-state index >= 15 is 0 Å². The Hall–Kier alpha value is -0.650. The molecule has 1 aromatic rings. The number of hydrogen-bond acceptors (Lipinski definition) is 3. The van der Waals surface area contributed by atoms with Crippen LogP contribution in [0.25, 0.3) is 0 Å². The number of rotatable bonds is 7. The van der Waals surface area contributed by atoms with Crippen LogP contribution in [0.5, 0.6) is 0 Å². The first kappa shape index (κ1) is 16.4. The second kappa shape index (κ2) is 7.82. The zero-order chi connectivity index (χ0) is 14.4. The Bertz CT molecular complexity index is 435. The van der Waals surface area contributed by atoms with Gasteiger partial charge < -0.3 is 16.0 Å². The van der Waals surface area contributed by atoms with Gasteiger partial charge in [0.2, 0.25) is 0 Å². The Labute approximate surface area is 129 Å². The lowest BCUT2D eigenvalue weighted by Gasteiger charge is -2.20. The minimum absolute atomic E-state index is 0.414. The molecule has 0 aromatic heterocycles. The van der Waals surface area contributed by atoms with Gasteiger partial charge in [-0.1, -0.05) is 12.2 Å². The predicted octanol–water partition coefficient (Wildman–Crippen LogP) is 3.23. The van der Waals surface area contributed by atoms with Gasteiger partial charge in [-0.3, -0.25) is 0 Å². The van der Waals surface area contributed by atoms with E-state index in [1.807, 2.05) is 18.2 Å². The van der Waals surface area contributed by atoms with E-state index in [4.69, 9.17) is 18.0 Å². The standard InChI is InChI=1S/C14H22BrN3S/c1-10(2)18(3)8-4-7-17-11-5-6-12(14(16)19)13(15)9-11/h5-6,9-10,17H,4,7-8H2,1-3H3,(H2,16,19). The molecule has 0 aliphatic carbocycles. The van der Waals surface area contributed by atoms with Gasteiger partial charge in [0.1, 0.15) is 4.99 Å². The first-order valence-corrected chi connectivity index (χ1v) is 7.65. The fraction of sp³-hybridized carbons (Fsp3) is 0.500. The molecule has 0 bridgehead atoms. The molecule has 1 aromatic carbocycles. The smallest absolute Gasteiger partial charge is 0.105 e. The number of thiocarbonyl (C=S) groups is 1. The molecule has 0 saturated carbocycles. The maximum atomic E-state index is 5.62. The molecule has 0 radical (unpaired) electrons. The Morgan fingerprint density at radius 3 is 2.68 bits per heavy atom. The van der Waals surface area contributed by atoms with E-state index in [1.54, 1.807) is 0 Å². The summed E-state index contributed by atoms with van der Waals surface area (Å²) >= 11 is 8.46. The second-order valence-electron chi connectivity index (χ2n) is 4.91. The van der Waals surface area contributed by atoms with E-state index in [2.05, 4.69) is 47.0 Å². The van der Waals surface area contributed by atoms with Crippen molar-refractivity contribution in [3.05, 3.63) is 28.2 Å². The van der Waals surface area contributed by atoms with Crippen molar-refractivity contribution in [2.45, 2.75) is 26.3 Å².